The van der Waals surface area contributed by atoms with Crippen molar-refractivity contribution in [2.45, 2.75) is 13.3 Å². The molecule has 21 heavy (non-hydrogen) atoms. The Morgan fingerprint density at radius 3 is 2.76 bits per heavy atom. The summed E-state index contributed by atoms with van der Waals surface area (Å²) in [5.41, 5.74) is 2.33. The molecular formula is C16H16ClFN2O. The molecule has 0 bridgehead atoms. The van der Waals surface area contributed by atoms with Crippen molar-refractivity contribution in [3.63, 3.8) is 0 Å². The molecule has 0 aliphatic heterocycles. The highest BCUT2D eigenvalue weighted by Gasteiger charge is 2.06. The third-order valence-electron chi connectivity index (χ3n) is 3.10. The van der Waals surface area contributed by atoms with E-state index in [4.69, 9.17) is 11.6 Å². The molecule has 0 aliphatic carbocycles. The molecule has 0 atom stereocenters. The van der Waals surface area contributed by atoms with Gasteiger partial charge in [-0.25, -0.2) is 9.18 Å². The smallest absolute Gasteiger partial charge is 0.319 e. The van der Waals surface area contributed by atoms with Crippen LogP contribution in [0, 0.1) is 12.7 Å². The molecule has 2 rings (SSSR count). The van der Waals surface area contributed by atoms with Crippen molar-refractivity contribution in [1.82, 2.24) is 5.32 Å². The van der Waals surface area contributed by atoms with Crippen LogP contribution in [-0.4, -0.2) is 12.6 Å². The summed E-state index contributed by atoms with van der Waals surface area (Å²) in [6.07, 6.45) is 0.569. The third-order valence-corrected chi connectivity index (χ3v) is 3.51. The topological polar surface area (TPSA) is 41.1 Å². The molecule has 0 radical (unpaired) electrons. The first-order valence-corrected chi connectivity index (χ1v) is 6.98. The minimum atomic E-state index is -0.309. The molecule has 0 fully saturated rings. The first kappa shape index (κ1) is 15.3. The summed E-state index contributed by atoms with van der Waals surface area (Å²) in [7, 11) is 0. The summed E-state index contributed by atoms with van der Waals surface area (Å²) < 4.78 is 13.0. The van der Waals surface area contributed by atoms with Crippen molar-refractivity contribution in [2.75, 3.05) is 11.9 Å². The van der Waals surface area contributed by atoms with Crippen molar-refractivity contribution in [1.29, 1.82) is 0 Å². The molecule has 3 nitrogen and oxygen atoms in total. The van der Waals surface area contributed by atoms with Crippen LogP contribution in [0.15, 0.2) is 42.5 Å². The summed E-state index contributed by atoms with van der Waals surface area (Å²) in [5.74, 6) is -0.272. The molecule has 2 amide bonds. The highest BCUT2D eigenvalue weighted by molar-refractivity contribution is 6.31. The Kier molecular flexibility index (Phi) is 5.17. The fraction of sp³-hybridized carbons (Fsp3) is 0.188. The average Bonchev–Trinajstić information content (AvgIpc) is 2.44. The van der Waals surface area contributed by atoms with E-state index in [0.29, 0.717) is 23.7 Å². The van der Waals surface area contributed by atoms with Gasteiger partial charge in [-0.1, -0.05) is 29.8 Å². The number of hydrogen-bond acceptors (Lipinski definition) is 1. The molecule has 2 aromatic carbocycles. The number of rotatable bonds is 4. The first-order chi connectivity index (χ1) is 10.1. The van der Waals surface area contributed by atoms with Crippen molar-refractivity contribution in [3.8, 4) is 0 Å². The second kappa shape index (κ2) is 7.09. The summed E-state index contributed by atoms with van der Waals surface area (Å²) in [6, 6.07) is 11.3. The lowest BCUT2D eigenvalue weighted by Gasteiger charge is -2.10. The van der Waals surface area contributed by atoms with Gasteiger partial charge in [0.05, 0.1) is 0 Å². The van der Waals surface area contributed by atoms with E-state index < -0.39 is 0 Å². The van der Waals surface area contributed by atoms with E-state index in [1.165, 1.54) is 12.1 Å². The number of carbonyl (C=O) groups is 1. The van der Waals surface area contributed by atoms with Gasteiger partial charge in [-0.15, -0.1) is 0 Å². The van der Waals surface area contributed by atoms with Crippen LogP contribution in [0.4, 0.5) is 14.9 Å². The number of hydrogen-bond donors (Lipinski definition) is 2. The lowest BCUT2D eigenvalue weighted by atomic mass is 10.1. The van der Waals surface area contributed by atoms with Gasteiger partial charge in [-0.05, 0) is 48.7 Å². The van der Waals surface area contributed by atoms with Gasteiger partial charge in [0.1, 0.15) is 5.82 Å². The molecule has 5 heteroatoms. The maximum absolute atomic E-state index is 13.0. The van der Waals surface area contributed by atoms with Gasteiger partial charge in [0.2, 0.25) is 0 Å². The quantitative estimate of drug-likeness (QED) is 0.875. The number of amides is 2. The van der Waals surface area contributed by atoms with Crippen LogP contribution in [0.1, 0.15) is 11.1 Å². The summed E-state index contributed by atoms with van der Waals surface area (Å²) in [5, 5.41) is 6.07. The van der Waals surface area contributed by atoms with Crippen molar-refractivity contribution < 1.29 is 9.18 Å². The predicted octanol–water partition coefficient (Wildman–Crippen LogP) is 4.15. The Morgan fingerprint density at radius 2 is 2.00 bits per heavy atom. The monoisotopic (exact) mass is 306 g/mol. The molecule has 110 valence electrons. The van der Waals surface area contributed by atoms with Crippen LogP contribution in [-0.2, 0) is 6.42 Å². The molecule has 0 aromatic heterocycles. The molecule has 2 N–H and O–H groups in total. The standard InChI is InChI=1S/C16H16ClFN2O/c1-11-14(17)6-3-7-15(11)20-16(21)19-9-8-12-4-2-5-13(18)10-12/h2-7,10H,8-9H2,1H3,(H2,19,20,21). The van der Waals surface area contributed by atoms with Gasteiger partial charge >= 0.3 is 6.03 Å². The zero-order chi connectivity index (χ0) is 15.2. The van der Waals surface area contributed by atoms with Crippen LogP contribution in [0.5, 0.6) is 0 Å². The van der Waals surface area contributed by atoms with E-state index in [9.17, 15) is 9.18 Å². The van der Waals surface area contributed by atoms with Gasteiger partial charge in [-0.3, -0.25) is 0 Å². The zero-order valence-electron chi connectivity index (χ0n) is 11.6. The van der Waals surface area contributed by atoms with Crippen LogP contribution < -0.4 is 10.6 Å². The Morgan fingerprint density at radius 1 is 1.24 bits per heavy atom. The number of carbonyl (C=O) groups excluding carboxylic acids is 1. The number of benzene rings is 2. The predicted molar refractivity (Wildman–Crippen MR) is 83.3 cm³/mol. The van der Waals surface area contributed by atoms with Gasteiger partial charge in [0.15, 0.2) is 0 Å². The minimum Gasteiger partial charge on any atom is -0.338 e. The fourth-order valence-electron chi connectivity index (χ4n) is 1.92. The van der Waals surface area contributed by atoms with E-state index in [0.717, 1.165) is 11.1 Å². The van der Waals surface area contributed by atoms with Gasteiger partial charge in [0.25, 0.3) is 0 Å². The summed E-state index contributed by atoms with van der Waals surface area (Å²) in [4.78, 5) is 11.8. The Labute approximate surface area is 128 Å². The molecule has 0 spiro atoms. The summed E-state index contributed by atoms with van der Waals surface area (Å²) >= 11 is 5.99. The third kappa shape index (κ3) is 4.46. The van der Waals surface area contributed by atoms with E-state index >= 15 is 0 Å². The molecule has 0 saturated carbocycles. The SMILES string of the molecule is Cc1c(Cl)cccc1NC(=O)NCCc1cccc(F)c1. The highest BCUT2D eigenvalue weighted by atomic mass is 35.5. The van der Waals surface area contributed by atoms with E-state index in [-0.39, 0.29) is 11.8 Å². The van der Waals surface area contributed by atoms with Crippen molar-refractivity contribution in [2.24, 2.45) is 0 Å². The van der Waals surface area contributed by atoms with Crippen LogP contribution >= 0.6 is 11.6 Å². The number of anilines is 1. The lowest BCUT2D eigenvalue weighted by Crippen LogP contribution is -2.30. The molecule has 0 unspecified atom stereocenters. The molecular weight excluding hydrogens is 291 g/mol. The van der Waals surface area contributed by atoms with Crippen LogP contribution in [0.25, 0.3) is 0 Å². The minimum absolute atomic E-state index is 0.272. The Balaban J connectivity index is 1.84. The molecule has 0 aliphatic rings. The van der Waals surface area contributed by atoms with Crippen LogP contribution in [0.2, 0.25) is 5.02 Å². The maximum Gasteiger partial charge on any atom is 0.319 e. The maximum atomic E-state index is 13.0. The van der Waals surface area contributed by atoms with Gasteiger partial charge < -0.3 is 10.6 Å². The van der Waals surface area contributed by atoms with E-state index in [2.05, 4.69) is 10.6 Å². The molecule has 0 heterocycles. The normalized spacial score (nSPS) is 10.2. The molecule has 2 aromatic rings. The number of nitrogens with one attached hydrogen (secondary N) is 2. The van der Waals surface area contributed by atoms with Gasteiger partial charge in [0, 0.05) is 17.3 Å². The lowest BCUT2D eigenvalue weighted by molar-refractivity contribution is 0.252. The van der Waals surface area contributed by atoms with Crippen molar-refractivity contribution in [3.05, 3.63) is 64.4 Å². The number of urea groups is 1. The van der Waals surface area contributed by atoms with E-state index in [1.54, 1.807) is 24.3 Å². The Bertz CT molecular complexity index is 646. The largest absolute Gasteiger partial charge is 0.338 e. The fourth-order valence-corrected chi connectivity index (χ4v) is 2.10. The first-order valence-electron chi connectivity index (χ1n) is 6.60. The summed E-state index contributed by atoms with van der Waals surface area (Å²) in [6.45, 7) is 2.26. The zero-order valence-corrected chi connectivity index (χ0v) is 12.4. The second-order valence-corrected chi connectivity index (χ2v) is 5.08. The Hall–Kier alpha value is -2.07. The average molecular weight is 307 g/mol. The van der Waals surface area contributed by atoms with Crippen molar-refractivity contribution >= 4 is 23.3 Å². The second-order valence-electron chi connectivity index (χ2n) is 4.67. The van der Waals surface area contributed by atoms with E-state index in [1.807, 2.05) is 13.0 Å². The molecule has 0 saturated heterocycles. The highest BCUT2D eigenvalue weighted by Crippen LogP contribution is 2.22. The van der Waals surface area contributed by atoms with Crippen LogP contribution in [0.3, 0.4) is 0 Å². The number of halogens is 2. The van der Waals surface area contributed by atoms with Gasteiger partial charge in [-0.2, -0.15) is 0 Å².